The van der Waals surface area contributed by atoms with Gasteiger partial charge >= 0.3 is 0 Å². The molecular weight excluding hydrogens is 333 g/mol. The average Bonchev–Trinajstić information content (AvgIpc) is 3.01. The van der Waals surface area contributed by atoms with Crippen LogP contribution in [0.4, 0.5) is 0 Å². The highest BCUT2D eigenvalue weighted by molar-refractivity contribution is 7.43. The third kappa shape index (κ3) is 3.15. The van der Waals surface area contributed by atoms with E-state index < -0.39 is 51.2 Å². The molecule has 0 aromatic heterocycles. The normalized spacial score (nSPS) is 39.7. The Morgan fingerprint density at radius 1 is 1.39 bits per heavy atom. The van der Waals surface area contributed by atoms with Crippen LogP contribution in [0.5, 0.6) is 0 Å². The standard InChI is InChI=1S/C10H16N5O7P/c11-8-5-9(13-2-12-8)15(3-14-5)10-7(17)6(16)4(22-10)1-21-23(18,19)20/h2-7,9-10,16-17H,1H2,(H2,11,12,13)(H2,18,19,20)/p-2/t4-,5?,6?,7?,9?,10+/m1/s1. The molecule has 4 N–H and O–H groups in total. The Labute approximate surface area is 130 Å². The van der Waals surface area contributed by atoms with Crippen molar-refractivity contribution in [3.63, 3.8) is 0 Å². The van der Waals surface area contributed by atoms with E-state index in [2.05, 4.69) is 19.5 Å². The highest BCUT2D eigenvalue weighted by Crippen LogP contribution is 2.32. The van der Waals surface area contributed by atoms with Gasteiger partial charge in [-0.15, -0.1) is 0 Å². The Bertz CT molecular complexity index is 606. The third-order valence-electron chi connectivity index (χ3n) is 3.71. The Kier molecular flexibility index (Phi) is 4.23. The summed E-state index contributed by atoms with van der Waals surface area (Å²) in [5, 5.41) is 20.0. The van der Waals surface area contributed by atoms with Crippen LogP contribution in [-0.4, -0.2) is 77.0 Å². The third-order valence-corrected chi connectivity index (χ3v) is 4.17. The zero-order valence-electron chi connectivity index (χ0n) is 11.6. The molecule has 13 heteroatoms. The number of nitrogens with two attached hydrogens (primary N) is 1. The molecule has 3 rings (SSSR count). The van der Waals surface area contributed by atoms with Gasteiger partial charge in [-0.25, -0.2) is 9.98 Å². The lowest BCUT2D eigenvalue weighted by molar-refractivity contribution is -0.343. The van der Waals surface area contributed by atoms with Gasteiger partial charge in [-0.2, -0.15) is 0 Å². The van der Waals surface area contributed by atoms with Crippen LogP contribution in [0.3, 0.4) is 0 Å². The molecule has 0 aliphatic carbocycles. The number of phosphoric acid groups is 1. The molecule has 0 spiro atoms. The fourth-order valence-corrected chi connectivity index (χ4v) is 2.91. The molecule has 4 unspecified atom stereocenters. The predicted molar refractivity (Wildman–Crippen MR) is 72.3 cm³/mol. The molecule has 1 fully saturated rings. The van der Waals surface area contributed by atoms with Crippen molar-refractivity contribution in [2.45, 2.75) is 36.7 Å². The molecule has 3 aliphatic heterocycles. The highest BCUT2D eigenvalue weighted by Gasteiger charge is 2.49. The lowest BCUT2D eigenvalue weighted by Gasteiger charge is -2.32. The predicted octanol–water partition coefficient (Wildman–Crippen LogP) is -4.28. The van der Waals surface area contributed by atoms with E-state index in [9.17, 15) is 24.6 Å². The molecule has 1 saturated heterocycles. The van der Waals surface area contributed by atoms with Gasteiger partial charge in [0.2, 0.25) is 0 Å². The summed E-state index contributed by atoms with van der Waals surface area (Å²) in [6, 6.07) is -0.535. The molecule has 23 heavy (non-hydrogen) atoms. The van der Waals surface area contributed by atoms with Crippen LogP contribution < -0.4 is 15.5 Å². The Hall–Kier alpha value is -1.40. The lowest BCUT2D eigenvalue weighted by Crippen LogP contribution is -2.51. The van der Waals surface area contributed by atoms with Crippen molar-refractivity contribution in [2.24, 2.45) is 20.7 Å². The summed E-state index contributed by atoms with van der Waals surface area (Å²) in [7, 11) is -5.21. The largest absolute Gasteiger partial charge is 0.790 e. The minimum absolute atomic E-state index is 0.246. The number of aliphatic hydroxyl groups excluding tert-OH is 2. The molecule has 0 aromatic carbocycles. The molecule has 12 nitrogen and oxygen atoms in total. The number of amidine groups is 1. The maximum Gasteiger partial charge on any atom is 0.162 e. The first-order valence-corrected chi connectivity index (χ1v) is 8.08. The summed E-state index contributed by atoms with van der Waals surface area (Å²) in [6.07, 6.45) is -3.07. The molecule has 0 amide bonds. The maximum atomic E-state index is 10.5. The zero-order valence-corrected chi connectivity index (χ0v) is 12.5. The van der Waals surface area contributed by atoms with E-state index in [-0.39, 0.29) is 5.84 Å². The van der Waals surface area contributed by atoms with Gasteiger partial charge in [-0.1, -0.05) is 0 Å². The van der Waals surface area contributed by atoms with Crippen LogP contribution in [-0.2, 0) is 13.8 Å². The minimum atomic E-state index is -5.21. The number of hydrogen-bond acceptors (Lipinski definition) is 12. The van der Waals surface area contributed by atoms with Crippen LogP contribution >= 0.6 is 7.82 Å². The molecule has 128 valence electrons. The van der Waals surface area contributed by atoms with Crippen molar-refractivity contribution < 1.29 is 33.8 Å². The van der Waals surface area contributed by atoms with Crippen LogP contribution in [0.25, 0.3) is 0 Å². The zero-order chi connectivity index (χ0) is 16.8. The highest BCUT2D eigenvalue weighted by atomic mass is 31.2. The lowest BCUT2D eigenvalue weighted by atomic mass is 10.1. The second-order valence-electron chi connectivity index (χ2n) is 5.18. The number of aliphatic hydroxyl groups is 2. The summed E-state index contributed by atoms with van der Waals surface area (Å²) in [5.41, 5.74) is 5.71. The second-order valence-corrected chi connectivity index (χ2v) is 6.33. The van der Waals surface area contributed by atoms with E-state index in [1.54, 1.807) is 0 Å². The molecule has 0 radical (unpaired) electrons. The summed E-state index contributed by atoms with van der Waals surface area (Å²) >= 11 is 0. The molecule has 0 aromatic rings. The molecule has 3 aliphatic rings. The Morgan fingerprint density at radius 3 is 2.83 bits per heavy atom. The van der Waals surface area contributed by atoms with Gasteiger partial charge in [0.25, 0.3) is 0 Å². The quantitative estimate of drug-likeness (QED) is 0.423. The first kappa shape index (κ1) is 16.5. The van der Waals surface area contributed by atoms with Crippen molar-refractivity contribution >= 4 is 26.3 Å². The van der Waals surface area contributed by atoms with E-state index in [4.69, 9.17) is 10.5 Å². The van der Waals surface area contributed by atoms with Gasteiger partial charge in [0, 0.05) is 0 Å². The molecular formula is C10H14N5O7P-2. The van der Waals surface area contributed by atoms with Gasteiger partial charge in [0.15, 0.2) is 12.4 Å². The number of nitrogens with zero attached hydrogens (tertiary/aromatic N) is 4. The van der Waals surface area contributed by atoms with Gasteiger partial charge < -0.3 is 44.5 Å². The van der Waals surface area contributed by atoms with Crippen molar-refractivity contribution in [1.29, 1.82) is 0 Å². The maximum absolute atomic E-state index is 10.5. The summed E-state index contributed by atoms with van der Waals surface area (Å²) in [4.78, 5) is 34.5. The smallest absolute Gasteiger partial charge is 0.162 e. The minimum Gasteiger partial charge on any atom is -0.790 e. The van der Waals surface area contributed by atoms with E-state index in [0.717, 1.165) is 0 Å². The van der Waals surface area contributed by atoms with Crippen LogP contribution in [0.1, 0.15) is 0 Å². The van der Waals surface area contributed by atoms with E-state index in [0.29, 0.717) is 0 Å². The Balaban J connectivity index is 1.70. The molecule has 0 bridgehead atoms. The fraction of sp³-hybridized carbons (Fsp3) is 0.700. The number of rotatable bonds is 4. The van der Waals surface area contributed by atoms with Crippen LogP contribution in [0.15, 0.2) is 15.0 Å². The van der Waals surface area contributed by atoms with Gasteiger partial charge in [-0.05, 0) is 0 Å². The molecule has 6 atom stereocenters. The SMILES string of the molecule is NC1=NC=NC2C1N=CN2[C@H]1O[C@H](COP(=O)([O-])[O-])C(O)C1O. The van der Waals surface area contributed by atoms with E-state index >= 15 is 0 Å². The first-order valence-electron chi connectivity index (χ1n) is 6.61. The van der Waals surface area contributed by atoms with E-state index in [1.165, 1.54) is 17.6 Å². The fourth-order valence-electron chi connectivity index (χ4n) is 2.58. The summed E-state index contributed by atoms with van der Waals surface area (Å²) in [6.45, 7) is -0.703. The first-order chi connectivity index (χ1) is 10.8. The average molecular weight is 347 g/mol. The van der Waals surface area contributed by atoms with Crippen molar-refractivity contribution in [1.82, 2.24) is 4.90 Å². The second kappa shape index (κ2) is 5.91. The Morgan fingerprint density at radius 2 is 2.13 bits per heavy atom. The van der Waals surface area contributed by atoms with Gasteiger partial charge in [0.1, 0.15) is 36.5 Å². The number of aliphatic imine (C=N–C) groups is 3. The van der Waals surface area contributed by atoms with Gasteiger partial charge in [-0.3, -0.25) is 4.99 Å². The van der Waals surface area contributed by atoms with Crippen molar-refractivity contribution in [3.05, 3.63) is 0 Å². The van der Waals surface area contributed by atoms with E-state index in [1.807, 2.05) is 0 Å². The molecule has 3 heterocycles. The van der Waals surface area contributed by atoms with Crippen molar-refractivity contribution in [2.75, 3.05) is 6.61 Å². The topological polar surface area (TPSA) is 188 Å². The van der Waals surface area contributed by atoms with Gasteiger partial charge in [0.05, 0.1) is 20.8 Å². The number of phosphoric ester groups is 1. The monoisotopic (exact) mass is 347 g/mol. The van der Waals surface area contributed by atoms with Crippen LogP contribution in [0, 0.1) is 0 Å². The number of fused-ring (bicyclic) bond motifs is 1. The summed E-state index contributed by atoms with van der Waals surface area (Å²) < 4.78 is 20.0. The molecule has 0 saturated carbocycles. The van der Waals surface area contributed by atoms with Crippen molar-refractivity contribution in [3.8, 4) is 0 Å². The van der Waals surface area contributed by atoms with Crippen LogP contribution in [0.2, 0.25) is 0 Å². The summed E-state index contributed by atoms with van der Waals surface area (Å²) in [5.74, 6) is 0.246. The number of hydrogen-bond donors (Lipinski definition) is 3. The number of ether oxygens (including phenoxy) is 1.